The number of fused-ring (bicyclic) bond motifs is 4. The van der Waals surface area contributed by atoms with Gasteiger partial charge in [0.25, 0.3) is 0 Å². The van der Waals surface area contributed by atoms with Crippen molar-refractivity contribution in [2.45, 2.75) is 110 Å². The zero-order valence-corrected chi connectivity index (χ0v) is 21.7. The highest BCUT2D eigenvalue weighted by Crippen LogP contribution is 2.89. The van der Waals surface area contributed by atoms with Crippen molar-refractivity contribution < 1.29 is 9.84 Å². The molecule has 5 aliphatic carbocycles. The summed E-state index contributed by atoms with van der Waals surface area (Å²) in [7, 11) is 4.39. The lowest BCUT2D eigenvalue weighted by molar-refractivity contribution is -0.184. The zero-order chi connectivity index (χ0) is 22.9. The molecule has 0 aromatic carbocycles. The Labute approximate surface area is 196 Å². The highest BCUT2D eigenvalue weighted by Gasteiger charge is 2.83. The van der Waals surface area contributed by atoms with E-state index in [0.717, 1.165) is 24.9 Å². The molecule has 6 fully saturated rings. The molecule has 6 rings (SSSR count). The van der Waals surface area contributed by atoms with Crippen LogP contribution in [-0.4, -0.2) is 55.1 Å². The summed E-state index contributed by atoms with van der Waals surface area (Å²) in [6.45, 7) is 13.2. The van der Waals surface area contributed by atoms with Crippen molar-refractivity contribution >= 4 is 0 Å². The summed E-state index contributed by atoms with van der Waals surface area (Å²) < 4.78 is 6.23. The predicted molar refractivity (Wildman–Crippen MR) is 128 cm³/mol. The molecule has 2 unspecified atom stereocenters. The number of nitrogens with zero attached hydrogens (tertiary/aromatic N) is 1. The van der Waals surface area contributed by atoms with Gasteiger partial charge in [-0.2, -0.15) is 0 Å². The smallest absolute Gasteiger partial charge is 0.105 e. The van der Waals surface area contributed by atoms with E-state index in [-0.39, 0.29) is 28.6 Å². The Morgan fingerprint density at radius 2 is 1.66 bits per heavy atom. The van der Waals surface area contributed by atoms with Crippen molar-refractivity contribution in [2.24, 2.45) is 44.8 Å². The molecule has 182 valence electrons. The summed E-state index contributed by atoms with van der Waals surface area (Å²) in [5.41, 5.74) is 1.89. The molecule has 2 spiro atoms. The maximum absolute atomic E-state index is 11.5. The van der Waals surface area contributed by atoms with Gasteiger partial charge in [0.1, 0.15) is 6.23 Å². The van der Waals surface area contributed by atoms with Gasteiger partial charge in [0.2, 0.25) is 0 Å². The lowest BCUT2D eigenvalue weighted by Crippen LogP contribution is -2.65. The first-order valence-electron chi connectivity index (χ1n) is 13.7. The van der Waals surface area contributed by atoms with Gasteiger partial charge in [0.05, 0.1) is 12.7 Å². The minimum Gasteiger partial charge on any atom is -0.393 e. The molecule has 12 atom stereocenters. The average molecular weight is 445 g/mol. The second-order valence-corrected chi connectivity index (χ2v) is 14.2. The van der Waals surface area contributed by atoms with Crippen molar-refractivity contribution in [3.8, 4) is 0 Å². The summed E-state index contributed by atoms with van der Waals surface area (Å²) in [6, 6.07) is 1.05. The third-order valence-electron chi connectivity index (χ3n) is 13.4. The van der Waals surface area contributed by atoms with Gasteiger partial charge < -0.3 is 14.7 Å². The third kappa shape index (κ3) is 2.35. The molecule has 1 saturated heterocycles. The molecule has 0 aromatic heterocycles. The lowest BCUT2D eigenvalue weighted by Gasteiger charge is -2.64. The topological polar surface area (TPSA) is 44.7 Å². The monoisotopic (exact) mass is 444 g/mol. The van der Waals surface area contributed by atoms with Crippen LogP contribution in [0.15, 0.2) is 0 Å². The average Bonchev–Trinajstić information content (AvgIpc) is 3.33. The van der Waals surface area contributed by atoms with Gasteiger partial charge in [0, 0.05) is 23.4 Å². The van der Waals surface area contributed by atoms with E-state index in [1.54, 1.807) is 0 Å². The van der Waals surface area contributed by atoms with E-state index in [1.807, 2.05) is 0 Å². The zero-order valence-electron chi connectivity index (χ0n) is 21.7. The van der Waals surface area contributed by atoms with Crippen LogP contribution >= 0.6 is 0 Å². The predicted octanol–water partition coefficient (Wildman–Crippen LogP) is 4.66. The Bertz CT molecular complexity index is 802. The van der Waals surface area contributed by atoms with Crippen LogP contribution in [0.1, 0.15) is 86.0 Å². The number of hydrogen-bond acceptors (Lipinski definition) is 4. The van der Waals surface area contributed by atoms with Crippen LogP contribution in [0.3, 0.4) is 0 Å². The van der Waals surface area contributed by atoms with Gasteiger partial charge in [-0.3, -0.25) is 5.32 Å². The fourth-order valence-electron chi connectivity index (χ4n) is 11.6. The van der Waals surface area contributed by atoms with Crippen LogP contribution in [0, 0.1) is 44.8 Å². The standard InChI is InChI=1S/C28H48N2O2/c1-17(30(6)7)23-19(31)14-26(5)21-9-8-20-24(3)16-32-18(2)29-22(24)10-11-27(20)15-28(21,27)13-12-25(23,26)4/h17-23,29,31H,8-16H2,1-7H3/t17-,18+,19-,20?,21?,22+,23+,24+,25-,26+,27-,28+/m1/s1. The second kappa shape index (κ2) is 6.53. The van der Waals surface area contributed by atoms with Crippen molar-refractivity contribution in [1.29, 1.82) is 0 Å². The summed E-state index contributed by atoms with van der Waals surface area (Å²) >= 11 is 0. The molecule has 6 aliphatic rings. The third-order valence-corrected chi connectivity index (χ3v) is 13.4. The van der Waals surface area contributed by atoms with E-state index < -0.39 is 0 Å². The van der Waals surface area contributed by atoms with Gasteiger partial charge in [-0.05, 0) is 113 Å². The van der Waals surface area contributed by atoms with E-state index in [9.17, 15) is 5.11 Å². The first-order chi connectivity index (χ1) is 15.0. The highest BCUT2D eigenvalue weighted by atomic mass is 16.5. The quantitative estimate of drug-likeness (QED) is 0.650. The minimum absolute atomic E-state index is 0.157. The van der Waals surface area contributed by atoms with Gasteiger partial charge >= 0.3 is 0 Å². The van der Waals surface area contributed by atoms with Gasteiger partial charge in [-0.15, -0.1) is 0 Å². The number of rotatable bonds is 2. The van der Waals surface area contributed by atoms with Crippen LogP contribution < -0.4 is 5.32 Å². The van der Waals surface area contributed by atoms with Crippen LogP contribution in [0.5, 0.6) is 0 Å². The van der Waals surface area contributed by atoms with Crippen LogP contribution in [-0.2, 0) is 4.74 Å². The second-order valence-electron chi connectivity index (χ2n) is 14.2. The molecule has 4 nitrogen and oxygen atoms in total. The van der Waals surface area contributed by atoms with Gasteiger partial charge in [-0.25, -0.2) is 0 Å². The van der Waals surface area contributed by atoms with Crippen molar-refractivity contribution in [3.05, 3.63) is 0 Å². The number of hydrogen-bond donors (Lipinski definition) is 2. The van der Waals surface area contributed by atoms with E-state index in [2.05, 4.69) is 58.9 Å². The van der Waals surface area contributed by atoms with E-state index in [4.69, 9.17) is 4.74 Å². The van der Waals surface area contributed by atoms with Crippen molar-refractivity contribution in [1.82, 2.24) is 10.2 Å². The maximum atomic E-state index is 11.5. The molecule has 0 radical (unpaired) electrons. The molecule has 2 N–H and O–H groups in total. The Kier molecular flexibility index (Phi) is 4.55. The first-order valence-corrected chi connectivity index (χ1v) is 13.7. The molecule has 0 aromatic rings. The summed E-state index contributed by atoms with van der Waals surface area (Å²) in [5.74, 6) is 1.98. The molecule has 32 heavy (non-hydrogen) atoms. The molecule has 0 amide bonds. The van der Waals surface area contributed by atoms with Crippen LogP contribution in [0.25, 0.3) is 0 Å². The molecule has 5 saturated carbocycles. The number of aliphatic hydroxyl groups excluding tert-OH is 1. The Balaban J connectivity index is 1.35. The van der Waals surface area contributed by atoms with Crippen LogP contribution in [0.4, 0.5) is 0 Å². The first kappa shape index (κ1) is 22.3. The minimum atomic E-state index is -0.157. The Hall–Kier alpha value is -0.160. The normalized spacial score (nSPS) is 61.8. The van der Waals surface area contributed by atoms with Gasteiger partial charge in [-0.1, -0.05) is 20.8 Å². The summed E-state index contributed by atoms with van der Waals surface area (Å²) in [6.07, 6.45) is 10.7. The lowest BCUT2D eigenvalue weighted by atomic mass is 9.41. The van der Waals surface area contributed by atoms with Crippen LogP contribution in [0.2, 0.25) is 0 Å². The Morgan fingerprint density at radius 3 is 2.38 bits per heavy atom. The highest BCUT2D eigenvalue weighted by molar-refractivity contribution is 5.32. The van der Waals surface area contributed by atoms with E-state index >= 15 is 0 Å². The maximum Gasteiger partial charge on any atom is 0.105 e. The number of aliphatic hydroxyl groups is 1. The van der Waals surface area contributed by atoms with Crippen molar-refractivity contribution in [2.75, 3.05) is 20.7 Å². The molecule has 1 aliphatic heterocycles. The number of nitrogens with one attached hydrogen (secondary N) is 1. The molecular formula is C28H48N2O2. The largest absolute Gasteiger partial charge is 0.393 e. The molecule has 1 heterocycles. The summed E-state index contributed by atoms with van der Waals surface area (Å²) in [4.78, 5) is 2.35. The van der Waals surface area contributed by atoms with Gasteiger partial charge in [0.15, 0.2) is 0 Å². The van der Waals surface area contributed by atoms with E-state index in [0.29, 0.717) is 28.8 Å². The van der Waals surface area contributed by atoms with E-state index in [1.165, 1.54) is 44.9 Å². The SMILES string of the molecule is C[C@H]([C@H]1[C@H](O)C[C@@]2(C)C3CCC4[C@@]5(CC[C@@H]6N[C@H](C)OC[C@@]46C)C[C@@]35CC[C@]12C)N(C)C. The fraction of sp³-hybridized carbons (Fsp3) is 1.00. The molecule has 4 heteroatoms. The summed E-state index contributed by atoms with van der Waals surface area (Å²) in [5, 5.41) is 15.3. The number of ether oxygens (including phenoxy) is 1. The van der Waals surface area contributed by atoms with Crippen molar-refractivity contribution in [3.63, 3.8) is 0 Å². The molecule has 0 bridgehead atoms. The molecular weight excluding hydrogens is 396 g/mol. The Morgan fingerprint density at radius 1 is 0.969 bits per heavy atom. The fourth-order valence-corrected chi connectivity index (χ4v) is 11.6.